The summed E-state index contributed by atoms with van der Waals surface area (Å²) in [6, 6.07) is 7.02. The number of amides is 3. The third-order valence-electron chi connectivity index (χ3n) is 4.64. The van der Waals surface area contributed by atoms with Crippen molar-refractivity contribution < 1.29 is 9.59 Å². The lowest BCUT2D eigenvalue weighted by Crippen LogP contribution is -2.42. The zero-order valence-corrected chi connectivity index (χ0v) is 18.9. The van der Waals surface area contributed by atoms with Crippen molar-refractivity contribution in [3.05, 3.63) is 70.4 Å². The van der Waals surface area contributed by atoms with Crippen molar-refractivity contribution in [2.75, 3.05) is 38.2 Å². The van der Waals surface area contributed by atoms with Gasteiger partial charge in [-0.15, -0.1) is 11.3 Å². The zero-order chi connectivity index (χ0) is 22.9. The van der Waals surface area contributed by atoms with Crippen molar-refractivity contribution in [1.82, 2.24) is 25.1 Å². The van der Waals surface area contributed by atoms with Gasteiger partial charge in [0, 0.05) is 55.5 Å². The van der Waals surface area contributed by atoms with Crippen LogP contribution in [0.15, 0.2) is 53.6 Å². The van der Waals surface area contributed by atoms with Crippen LogP contribution in [0.5, 0.6) is 0 Å². The summed E-state index contributed by atoms with van der Waals surface area (Å²) in [6.45, 7) is 2.04. The van der Waals surface area contributed by atoms with Gasteiger partial charge in [-0.25, -0.2) is 4.79 Å². The number of nitrogens with two attached hydrogens (primary N) is 1. The number of carbonyl (C=O) groups is 2. The van der Waals surface area contributed by atoms with Crippen LogP contribution in [-0.2, 0) is 13.1 Å². The van der Waals surface area contributed by atoms with Gasteiger partial charge in [-0.05, 0) is 37.4 Å². The molecular formula is C22H27N7O2S. The van der Waals surface area contributed by atoms with Crippen LogP contribution in [0.1, 0.15) is 21.6 Å². The first-order valence-electron chi connectivity index (χ1n) is 10.1. The van der Waals surface area contributed by atoms with Crippen LogP contribution in [0, 0.1) is 0 Å². The summed E-state index contributed by atoms with van der Waals surface area (Å²) in [6.07, 6.45) is 5.03. The van der Waals surface area contributed by atoms with E-state index in [2.05, 4.69) is 20.6 Å². The second kappa shape index (κ2) is 11.2. The van der Waals surface area contributed by atoms with Gasteiger partial charge in [-0.1, -0.05) is 12.1 Å². The highest BCUT2D eigenvalue weighted by Gasteiger charge is 2.16. The molecule has 0 aliphatic rings. The van der Waals surface area contributed by atoms with E-state index in [-0.39, 0.29) is 17.6 Å². The Labute approximate surface area is 191 Å². The molecule has 0 aromatic carbocycles. The Bertz CT molecular complexity index is 1020. The first-order chi connectivity index (χ1) is 15.4. The Morgan fingerprint density at radius 1 is 1.09 bits per heavy atom. The standard InChI is InChI=1S/C22H27N7O2S/c1-28(2)8-9-29(22(31)26-11-16-4-3-7-24-10-16)13-17-5-6-19(25-12-17)21(30)27-20-15-32-14-18(20)23/h3-7,10,12,14-15H,8-9,11,13,23H2,1-2H3,(H,26,31)(H,27,30). The fourth-order valence-corrected chi connectivity index (χ4v) is 3.51. The largest absolute Gasteiger partial charge is 0.396 e. The predicted octanol–water partition coefficient (Wildman–Crippen LogP) is 2.65. The maximum atomic E-state index is 12.8. The van der Waals surface area contributed by atoms with E-state index < -0.39 is 0 Å². The fraction of sp³-hybridized carbons (Fsp3) is 0.273. The second-order valence-electron chi connectivity index (χ2n) is 7.49. The van der Waals surface area contributed by atoms with Crippen molar-refractivity contribution in [2.45, 2.75) is 13.1 Å². The Morgan fingerprint density at radius 3 is 2.56 bits per heavy atom. The number of hydrogen-bond donors (Lipinski definition) is 3. The second-order valence-corrected chi connectivity index (χ2v) is 8.23. The molecule has 10 heteroatoms. The minimum absolute atomic E-state index is 0.176. The van der Waals surface area contributed by atoms with E-state index >= 15 is 0 Å². The summed E-state index contributed by atoms with van der Waals surface area (Å²) in [5.74, 6) is -0.333. The quantitative estimate of drug-likeness (QED) is 0.459. The molecular weight excluding hydrogens is 426 g/mol. The molecule has 0 fully saturated rings. The number of nitrogens with one attached hydrogen (secondary N) is 2. The number of rotatable bonds is 9. The lowest BCUT2D eigenvalue weighted by atomic mass is 10.2. The monoisotopic (exact) mass is 453 g/mol. The van der Waals surface area contributed by atoms with Gasteiger partial charge >= 0.3 is 6.03 Å². The maximum Gasteiger partial charge on any atom is 0.318 e. The van der Waals surface area contributed by atoms with Crippen molar-refractivity contribution in [3.8, 4) is 0 Å². The van der Waals surface area contributed by atoms with Crippen LogP contribution in [-0.4, -0.2) is 58.9 Å². The van der Waals surface area contributed by atoms with Gasteiger partial charge in [0.1, 0.15) is 5.69 Å². The highest BCUT2D eigenvalue weighted by Crippen LogP contribution is 2.23. The predicted molar refractivity (Wildman–Crippen MR) is 126 cm³/mol. The molecule has 3 heterocycles. The van der Waals surface area contributed by atoms with Crippen molar-refractivity contribution in [3.63, 3.8) is 0 Å². The third-order valence-corrected chi connectivity index (χ3v) is 5.40. The van der Waals surface area contributed by atoms with Gasteiger partial charge in [-0.3, -0.25) is 14.8 Å². The molecule has 32 heavy (non-hydrogen) atoms. The van der Waals surface area contributed by atoms with E-state index in [1.807, 2.05) is 31.1 Å². The number of pyridine rings is 2. The van der Waals surface area contributed by atoms with Crippen LogP contribution in [0.25, 0.3) is 0 Å². The lowest BCUT2D eigenvalue weighted by molar-refractivity contribution is 0.102. The molecule has 168 valence electrons. The smallest absolute Gasteiger partial charge is 0.318 e. The number of nitrogens with zero attached hydrogens (tertiary/aromatic N) is 4. The molecule has 0 spiro atoms. The summed E-state index contributed by atoms with van der Waals surface area (Å²) in [4.78, 5) is 37.3. The molecule has 3 aromatic heterocycles. The topological polar surface area (TPSA) is 116 Å². The zero-order valence-electron chi connectivity index (χ0n) is 18.1. The lowest BCUT2D eigenvalue weighted by Gasteiger charge is -2.25. The van der Waals surface area contributed by atoms with Gasteiger partial charge < -0.3 is 26.2 Å². The summed E-state index contributed by atoms with van der Waals surface area (Å²) < 4.78 is 0. The number of anilines is 2. The van der Waals surface area contributed by atoms with E-state index in [1.165, 1.54) is 11.3 Å². The average Bonchev–Trinajstić information content (AvgIpc) is 3.20. The summed E-state index contributed by atoms with van der Waals surface area (Å²) in [5, 5.41) is 9.21. The molecule has 0 atom stereocenters. The molecule has 0 aliphatic heterocycles. The molecule has 0 aliphatic carbocycles. The highest BCUT2D eigenvalue weighted by molar-refractivity contribution is 7.09. The SMILES string of the molecule is CN(C)CCN(Cc1ccc(C(=O)Nc2cscc2N)nc1)C(=O)NCc1cccnc1. The minimum Gasteiger partial charge on any atom is -0.396 e. The van der Waals surface area contributed by atoms with E-state index in [4.69, 9.17) is 5.73 Å². The molecule has 0 unspecified atom stereocenters. The van der Waals surface area contributed by atoms with Gasteiger partial charge in [0.05, 0.1) is 11.4 Å². The molecule has 3 amide bonds. The van der Waals surface area contributed by atoms with Gasteiger partial charge in [-0.2, -0.15) is 0 Å². The molecule has 0 radical (unpaired) electrons. The number of urea groups is 1. The first-order valence-corrected chi connectivity index (χ1v) is 11.0. The number of likely N-dealkylation sites (N-methyl/N-ethyl adjacent to an activating group) is 1. The van der Waals surface area contributed by atoms with Crippen LogP contribution >= 0.6 is 11.3 Å². The van der Waals surface area contributed by atoms with E-state index in [1.54, 1.807) is 46.4 Å². The average molecular weight is 454 g/mol. The third kappa shape index (κ3) is 6.76. The van der Waals surface area contributed by atoms with Gasteiger partial charge in [0.25, 0.3) is 5.91 Å². The van der Waals surface area contributed by atoms with Crippen molar-refractivity contribution in [1.29, 1.82) is 0 Å². The number of carbonyl (C=O) groups excluding carboxylic acids is 2. The molecule has 9 nitrogen and oxygen atoms in total. The highest BCUT2D eigenvalue weighted by atomic mass is 32.1. The van der Waals surface area contributed by atoms with E-state index in [0.717, 1.165) is 17.7 Å². The molecule has 0 saturated carbocycles. The summed E-state index contributed by atoms with van der Waals surface area (Å²) in [7, 11) is 3.92. The van der Waals surface area contributed by atoms with Gasteiger partial charge in [0.15, 0.2) is 0 Å². The first kappa shape index (κ1) is 23.2. The molecule has 3 rings (SSSR count). The van der Waals surface area contributed by atoms with Crippen LogP contribution in [0.2, 0.25) is 0 Å². The molecule has 4 N–H and O–H groups in total. The molecule has 3 aromatic rings. The van der Waals surface area contributed by atoms with Crippen LogP contribution in [0.3, 0.4) is 0 Å². The number of hydrogen-bond acceptors (Lipinski definition) is 7. The minimum atomic E-state index is -0.333. The van der Waals surface area contributed by atoms with Crippen LogP contribution in [0.4, 0.5) is 16.2 Å². The van der Waals surface area contributed by atoms with Gasteiger partial charge in [0.2, 0.25) is 0 Å². The summed E-state index contributed by atoms with van der Waals surface area (Å²) >= 11 is 1.41. The number of aromatic nitrogens is 2. The van der Waals surface area contributed by atoms with Crippen LogP contribution < -0.4 is 16.4 Å². The van der Waals surface area contributed by atoms with Crippen molar-refractivity contribution >= 4 is 34.6 Å². The molecule has 0 bridgehead atoms. The van der Waals surface area contributed by atoms with E-state index in [9.17, 15) is 9.59 Å². The Hall–Kier alpha value is -3.50. The normalized spacial score (nSPS) is 10.7. The fourth-order valence-electron chi connectivity index (χ4n) is 2.83. The van der Waals surface area contributed by atoms with E-state index in [0.29, 0.717) is 31.0 Å². The number of nitrogen functional groups attached to an aromatic ring is 1. The maximum absolute atomic E-state index is 12.8. The summed E-state index contributed by atoms with van der Waals surface area (Å²) in [5.41, 5.74) is 8.94. The molecule has 0 saturated heterocycles. The van der Waals surface area contributed by atoms with Crippen molar-refractivity contribution in [2.24, 2.45) is 0 Å². The number of thiophene rings is 1. The Morgan fingerprint density at radius 2 is 1.94 bits per heavy atom. The Kier molecular flexibility index (Phi) is 8.12. The Balaban J connectivity index is 1.62.